The van der Waals surface area contributed by atoms with E-state index in [2.05, 4.69) is 176 Å². The maximum absolute atomic E-state index is 6.27. The van der Waals surface area contributed by atoms with E-state index >= 15 is 0 Å². The number of furan rings is 1. The lowest BCUT2D eigenvalue weighted by molar-refractivity contribution is 0.669. The molecule has 11 rings (SSSR count). The average molecular weight is 715 g/mol. The lowest BCUT2D eigenvalue weighted by Crippen LogP contribution is -2.28. The summed E-state index contributed by atoms with van der Waals surface area (Å²) in [7, 11) is 0. The fraction of sp³-hybridized carbons (Fsp3) is 0.0189. The molecule has 0 spiro atoms. The van der Waals surface area contributed by atoms with E-state index in [4.69, 9.17) is 14.4 Å². The third kappa shape index (κ3) is 4.98. The summed E-state index contributed by atoms with van der Waals surface area (Å²) in [4.78, 5) is 10.6. The van der Waals surface area contributed by atoms with Gasteiger partial charge in [-0.05, 0) is 74.8 Å². The molecule has 0 amide bonds. The molecule has 3 heteroatoms. The molecule has 2 aromatic heterocycles. The molecule has 0 saturated carbocycles. The molecule has 0 N–H and O–H groups in total. The number of nitrogens with zero attached hydrogens (tertiary/aromatic N) is 2. The smallest absolute Gasteiger partial charge is 0.160 e. The molecule has 0 atom stereocenters. The molecule has 1 aliphatic rings. The van der Waals surface area contributed by atoms with Crippen molar-refractivity contribution in [3.8, 4) is 56.2 Å². The molecular weight excluding hydrogens is 681 g/mol. The predicted octanol–water partition coefficient (Wildman–Crippen LogP) is 13.4. The Labute approximate surface area is 325 Å². The highest BCUT2D eigenvalue weighted by molar-refractivity contribution is 6.06. The number of aromatic nitrogens is 2. The van der Waals surface area contributed by atoms with Crippen LogP contribution in [0.15, 0.2) is 211 Å². The van der Waals surface area contributed by atoms with Gasteiger partial charge in [0.05, 0.1) is 16.8 Å². The topological polar surface area (TPSA) is 38.9 Å². The molecule has 56 heavy (non-hydrogen) atoms. The fourth-order valence-electron chi connectivity index (χ4n) is 8.92. The second-order valence-electron chi connectivity index (χ2n) is 14.5. The summed E-state index contributed by atoms with van der Waals surface area (Å²) in [5, 5.41) is 2.25. The van der Waals surface area contributed by atoms with E-state index in [9.17, 15) is 0 Å². The van der Waals surface area contributed by atoms with Crippen molar-refractivity contribution in [2.45, 2.75) is 5.41 Å². The van der Waals surface area contributed by atoms with Gasteiger partial charge >= 0.3 is 0 Å². The number of hydrogen-bond donors (Lipinski definition) is 0. The van der Waals surface area contributed by atoms with Crippen LogP contribution in [0.2, 0.25) is 0 Å². The summed E-state index contributed by atoms with van der Waals surface area (Å²) in [6, 6.07) is 73.3. The zero-order valence-electron chi connectivity index (χ0n) is 30.4. The Balaban J connectivity index is 1.12. The van der Waals surface area contributed by atoms with Crippen LogP contribution in [-0.2, 0) is 5.41 Å². The summed E-state index contributed by atoms with van der Waals surface area (Å²) < 4.78 is 6.27. The number of rotatable bonds is 6. The van der Waals surface area contributed by atoms with E-state index in [0.717, 1.165) is 61.1 Å². The summed E-state index contributed by atoms with van der Waals surface area (Å²) in [6.07, 6.45) is 0. The third-order valence-electron chi connectivity index (χ3n) is 11.4. The Kier molecular flexibility index (Phi) is 7.39. The lowest BCUT2D eigenvalue weighted by Gasteiger charge is -2.33. The van der Waals surface area contributed by atoms with Crippen molar-refractivity contribution in [2.24, 2.45) is 0 Å². The maximum atomic E-state index is 6.27. The van der Waals surface area contributed by atoms with Crippen LogP contribution >= 0.6 is 0 Å². The van der Waals surface area contributed by atoms with Crippen molar-refractivity contribution in [3.63, 3.8) is 0 Å². The van der Waals surface area contributed by atoms with E-state index in [1.54, 1.807) is 0 Å². The Bertz CT molecular complexity index is 3040. The van der Waals surface area contributed by atoms with Gasteiger partial charge in [-0.3, -0.25) is 0 Å². The highest BCUT2D eigenvalue weighted by Crippen LogP contribution is 2.58. The standard InChI is InChI=1S/C53H34N2O/c1-4-16-35(17-5-1)52-54-47(38-19-14-18-36(32-38)37-30-31-42-41-24-11-13-29-49(41)56-50(42)33-37)34-48(55-52)44-26-15-28-46-51(44)43-25-10-12-27-45(43)53(46,39-20-6-2-7-21-39)40-22-8-3-9-23-40/h1-34H. The minimum absolute atomic E-state index is 0.502. The monoisotopic (exact) mass is 714 g/mol. The molecule has 262 valence electrons. The predicted molar refractivity (Wildman–Crippen MR) is 228 cm³/mol. The summed E-state index contributed by atoms with van der Waals surface area (Å²) in [5.41, 5.74) is 15.7. The third-order valence-corrected chi connectivity index (χ3v) is 11.4. The Morgan fingerprint density at radius 1 is 0.357 bits per heavy atom. The first kappa shape index (κ1) is 32.1. The second-order valence-corrected chi connectivity index (χ2v) is 14.5. The van der Waals surface area contributed by atoms with Crippen LogP contribution in [0.5, 0.6) is 0 Å². The number of hydrogen-bond acceptors (Lipinski definition) is 3. The van der Waals surface area contributed by atoms with Gasteiger partial charge < -0.3 is 4.42 Å². The van der Waals surface area contributed by atoms with Crippen molar-refractivity contribution >= 4 is 21.9 Å². The summed E-state index contributed by atoms with van der Waals surface area (Å²) in [6.45, 7) is 0. The van der Waals surface area contributed by atoms with Crippen LogP contribution < -0.4 is 0 Å². The van der Waals surface area contributed by atoms with Crippen LogP contribution in [0.4, 0.5) is 0 Å². The van der Waals surface area contributed by atoms with Gasteiger partial charge in [-0.2, -0.15) is 0 Å². The first-order valence-corrected chi connectivity index (χ1v) is 19.1. The molecule has 3 nitrogen and oxygen atoms in total. The van der Waals surface area contributed by atoms with E-state index in [0.29, 0.717) is 5.82 Å². The zero-order chi connectivity index (χ0) is 37.1. The molecule has 2 heterocycles. The van der Waals surface area contributed by atoms with E-state index in [1.165, 1.54) is 33.4 Å². The van der Waals surface area contributed by atoms with E-state index < -0.39 is 5.41 Å². The lowest BCUT2D eigenvalue weighted by atomic mass is 9.67. The van der Waals surface area contributed by atoms with E-state index in [1.807, 2.05) is 30.3 Å². The van der Waals surface area contributed by atoms with Gasteiger partial charge in [0.25, 0.3) is 0 Å². The largest absolute Gasteiger partial charge is 0.456 e. The quantitative estimate of drug-likeness (QED) is 0.172. The number of para-hydroxylation sites is 1. The highest BCUT2D eigenvalue weighted by Gasteiger charge is 2.46. The van der Waals surface area contributed by atoms with Crippen LogP contribution in [-0.4, -0.2) is 9.97 Å². The Hall–Kier alpha value is -7.36. The fourth-order valence-corrected chi connectivity index (χ4v) is 8.92. The molecule has 10 aromatic rings. The number of fused-ring (bicyclic) bond motifs is 6. The molecule has 0 saturated heterocycles. The molecule has 0 bridgehead atoms. The minimum atomic E-state index is -0.502. The molecule has 1 aliphatic carbocycles. The number of benzene rings is 8. The van der Waals surface area contributed by atoms with Crippen molar-refractivity contribution in [1.82, 2.24) is 9.97 Å². The van der Waals surface area contributed by atoms with Crippen molar-refractivity contribution in [3.05, 3.63) is 229 Å². The van der Waals surface area contributed by atoms with Gasteiger partial charge in [-0.25, -0.2) is 9.97 Å². The molecule has 0 aliphatic heterocycles. The first-order chi connectivity index (χ1) is 27.8. The van der Waals surface area contributed by atoms with Crippen molar-refractivity contribution in [1.29, 1.82) is 0 Å². The summed E-state index contributed by atoms with van der Waals surface area (Å²) >= 11 is 0. The molecule has 0 radical (unpaired) electrons. The van der Waals surface area contributed by atoms with Gasteiger partial charge in [0.2, 0.25) is 0 Å². The normalized spacial score (nSPS) is 12.8. The van der Waals surface area contributed by atoms with Gasteiger partial charge in [0.1, 0.15) is 11.2 Å². The van der Waals surface area contributed by atoms with Gasteiger partial charge in [-0.1, -0.05) is 176 Å². The van der Waals surface area contributed by atoms with E-state index in [-0.39, 0.29) is 0 Å². The second kappa shape index (κ2) is 12.9. The van der Waals surface area contributed by atoms with Crippen molar-refractivity contribution in [2.75, 3.05) is 0 Å². The van der Waals surface area contributed by atoms with Crippen LogP contribution in [0.1, 0.15) is 22.3 Å². The Morgan fingerprint density at radius 2 is 0.929 bits per heavy atom. The summed E-state index contributed by atoms with van der Waals surface area (Å²) in [5.74, 6) is 0.688. The van der Waals surface area contributed by atoms with Crippen LogP contribution in [0.25, 0.3) is 78.1 Å². The van der Waals surface area contributed by atoms with Gasteiger partial charge in [-0.15, -0.1) is 0 Å². The SMILES string of the molecule is c1ccc(-c2nc(-c3cccc(-c4ccc5c(c4)oc4ccccc45)c3)cc(-c3cccc4c3-c3ccccc3C4(c3ccccc3)c3ccccc3)n2)cc1. The average Bonchev–Trinajstić information content (AvgIpc) is 3.81. The highest BCUT2D eigenvalue weighted by atomic mass is 16.3. The van der Waals surface area contributed by atoms with Crippen molar-refractivity contribution < 1.29 is 4.42 Å². The Morgan fingerprint density at radius 3 is 1.73 bits per heavy atom. The van der Waals surface area contributed by atoms with Gasteiger partial charge in [0.15, 0.2) is 5.82 Å². The molecule has 8 aromatic carbocycles. The molecular formula is C53H34N2O. The first-order valence-electron chi connectivity index (χ1n) is 19.1. The van der Waals surface area contributed by atoms with Gasteiger partial charge in [0, 0.05) is 27.5 Å². The minimum Gasteiger partial charge on any atom is -0.456 e. The molecule has 0 fully saturated rings. The van der Waals surface area contributed by atoms with Crippen LogP contribution in [0, 0.1) is 0 Å². The maximum Gasteiger partial charge on any atom is 0.160 e. The molecule has 0 unspecified atom stereocenters. The van der Waals surface area contributed by atoms with Crippen LogP contribution in [0.3, 0.4) is 0 Å². The zero-order valence-corrected chi connectivity index (χ0v) is 30.4.